The quantitative estimate of drug-likeness (QED) is 0.174. The molecule has 0 aliphatic carbocycles. The summed E-state index contributed by atoms with van der Waals surface area (Å²) in [6.07, 6.45) is 0. The lowest BCUT2D eigenvalue weighted by Crippen LogP contribution is -2.10. The maximum atomic E-state index is 3.64. The van der Waals surface area contributed by atoms with Gasteiger partial charge in [-0.1, -0.05) is 186 Å². The normalized spacial score (nSPS) is 11.1. The first kappa shape index (κ1) is 36.2. The lowest BCUT2D eigenvalue weighted by Gasteiger charge is -2.27. The zero-order valence-electron chi connectivity index (χ0n) is 32.3. The molecule has 0 unspecified atom stereocenters. The third-order valence-electron chi connectivity index (χ3n) is 11.1. The summed E-state index contributed by atoms with van der Waals surface area (Å²) in [5.74, 6) is 0. The van der Waals surface area contributed by atoms with Gasteiger partial charge in [0.15, 0.2) is 0 Å². The van der Waals surface area contributed by atoms with Gasteiger partial charge >= 0.3 is 0 Å². The van der Waals surface area contributed by atoms with Crippen molar-refractivity contribution >= 4 is 109 Å². The molecular formula is C56H39BrN2. The zero-order chi connectivity index (χ0) is 39.5. The number of halogens is 1. The van der Waals surface area contributed by atoms with Crippen molar-refractivity contribution in [2.45, 2.75) is 0 Å². The molecule has 1 N–H and O–H groups in total. The Labute approximate surface area is 352 Å². The average molecular weight is 820 g/mol. The first-order valence-electron chi connectivity index (χ1n) is 20.0. The highest BCUT2D eigenvalue weighted by Crippen LogP contribution is 2.43. The van der Waals surface area contributed by atoms with Crippen molar-refractivity contribution in [3.63, 3.8) is 0 Å². The number of rotatable bonds is 5. The molecule has 0 fully saturated rings. The number of nitrogens with one attached hydrogen (secondary N) is 1. The summed E-state index contributed by atoms with van der Waals surface area (Å²) in [7, 11) is 0. The summed E-state index contributed by atoms with van der Waals surface area (Å²) in [4.78, 5) is 2.35. The van der Waals surface area contributed by atoms with Gasteiger partial charge in [0.1, 0.15) is 0 Å². The molecule has 12 aromatic carbocycles. The molecule has 0 saturated heterocycles. The van der Waals surface area contributed by atoms with Gasteiger partial charge in [-0.15, -0.1) is 0 Å². The Morgan fingerprint density at radius 1 is 0.288 bits per heavy atom. The second-order valence-corrected chi connectivity index (χ2v) is 15.6. The molecular weight excluding hydrogens is 781 g/mol. The van der Waals surface area contributed by atoms with Crippen LogP contribution in [0.1, 0.15) is 0 Å². The van der Waals surface area contributed by atoms with Gasteiger partial charge < -0.3 is 10.2 Å². The Kier molecular flexibility index (Phi) is 9.79. The van der Waals surface area contributed by atoms with Gasteiger partial charge in [-0.25, -0.2) is 0 Å². The molecule has 0 saturated carbocycles. The molecule has 2 nitrogen and oxygen atoms in total. The van der Waals surface area contributed by atoms with Crippen LogP contribution in [0.15, 0.2) is 235 Å². The molecule has 0 aliphatic heterocycles. The van der Waals surface area contributed by atoms with E-state index < -0.39 is 0 Å². The fraction of sp³-hybridized carbons (Fsp3) is 0. The van der Waals surface area contributed by atoms with Crippen molar-refractivity contribution in [3.05, 3.63) is 235 Å². The minimum absolute atomic E-state index is 1.12. The van der Waals surface area contributed by atoms with Crippen LogP contribution >= 0.6 is 15.9 Å². The Morgan fingerprint density at radius 3 is 1.12 bits per heavy atom. The molecule has 0 aliphatic rings. The van der Waals surface area contributed by atoms with Gasteiger partial charge in [-0.2, -0.15) is 0 Å². The van der Waals surface area contributed by atoms with Crippen LogP contribution in [0.3, 0.4) is 0 Å². The fourth-order valence-corrected chi connectivity index (χ4v) is 8.87. The molecule has 0 heterocycles. The summed E-state index contributed by atoms with van der Waals surface area (Å²) < 4.78 is 1.17. The van der Waals surface area contributed by atoms with E-state index in [1.54, 1.807) is 0 Å². The number of para-hydroxylation sites is 4. The van der Waals surface area contributed by atoms with Gasteiger partial charge in [-0.3, -0.25) is 0 Å². The lowest BCUT2D eigenvalue weighted by atomic mass is 9.93. The van der Waals surface area contributed by atoms with Gasteiger partial charge in [0.05, 0.1) is 5.69 Å². The van der Waals surface area contributed by atoms with Crippen molar-refractivity contribution < 1.29 is 0 Å². The predicted octanol–water partition coefficient (Wildman–Crippen LogP) is 16.8. The molecule has 0 bridgehead atoms. The van der Waals surface area contributed by atoms with E-state index in [1.807, 2.05) is 60.7 Å². The average Bonchev–Trinajstić information content (AvgIpc) is 3.30. The number of nitrogens with zero attached hydrogens (tertiary/aromatic N) is 1. The second-order valence-electron chi connectivity index (χ2n) is 14.7. The first-order chi connectivity index (χ1) is 29.2. The standard InChI is InChI=1S/C28H19N.C16H9Br.C12H11N/c1-3-10-23(11-4-1)29(24-12-5-2-6-13-24)26-19-17-22-15-14-20-8-7-9-21-16-18-25(26)28(22)27(20)21;17-14-9-7-12-5-4-10-2-1-3-11-6-8-13(14)16(12)15(10)11;1-3-7-11(8-4-1)13-12-9-5-2-6-10-12/h1-19H;1-9H;1-10,13H. The summed E-state index contributed by atoms with van der Waals surface area (Å²) in [6, 6.07) is 81.2. The summed E-state index contributed by atoms with van der Waals surface area (Å²) in [5.41, 5.74) is 5.76. The highest BCUT2D eigenvalue weighted by Gasteiger charge is 2.18. The third kappa shape index (κ3) is 7.07. The molecule has 280 valence electrons. The number of anilines is 5. The zero-order valence-corrected chi connectivity index (χ0v) is 33.9. The minimum atomic E-state index is 1.12. The smallest absolute Gasteiger partial charge is 0.0540 e. The van der Waals surface area contributed by atoms with E-state index in [0.717, 1.165) is 22.7 Å². The number of benzene rings is 12. The van der Waals surface area contributed by atoms with Crippen molar-refractivity contribution in [1.82, 2.24) is 0 Å². The Morgan fingerprint density at radius 2 is 0.644 bits per heavy atom. The summed E-state index contributed by atoms with van der Waals surface area (Å²) in [5, 5.41) is 19.1. The second kappa shape index (κ2) is 16.0. The monoisotopic (exact) mass is 818 g/mol. The van der Waals surface area contributed by atoms with E-state index in [4.69, 9.17) is 0 Å². The van der Waals surface area contributed by atoms with Crippen LogP contribution in [0, 0.1) is 0 Å². The largest absolute Gasteiger partial charge is 0.356 e. The molecule has 3 heteroatoms. The van der Waals surface area contributed by atoms with Gasteiger partial charge in [0.2, 0.25) is 0 Å². The Bertz CT molecular complexity index is 3190. The van der Waals surface area contributed by atoms with Crippen LogP contribution in [0.4, 0.5) is 28.4 Å². The summed E-state index contributed by atoms with van der Waals surface area (Å²) in [6.45, 7) is 0. The Hall–Kier alpha value is -7.20. The minimum Gasteiger partial charge on any atom is -0.356 e. The van der Waals surface area contributed by atoms with Crippen LogP contribution in [-0.2, 0) is 0 Å². The number of hydrogen-bond acceptors (Lipinski definition) is 2. The van der Waals surface area contributed by atoms with Crippen molar-refractivity contribution in [2.24, 2.45) is 0 Å². The molecule has 12 rings (SSSR count). The Balaban J connectivity index is 0.000000118. The first-order valence-corrected chi connectivity index (χ1v) is 20.7. The topological polar surface area (TPSA) is 15.3 Å². The molecule has 59 heavy (non-hydrogen) atoms. The molecule has 0 aromatic heterocycles. The van der Waals surface area contributed by atoms with Crippen LogP contribution in [-0.4, -0.2) is 0 Å². The van der Waals surface area contributed by atoms with Gasteiger partial charge in [-0.05, 0) is 120 Å². The van der Waals surface area contributed by atoms with Gasteiger partial charge in [0.25, 0.3) is 0 Å². The predicted molar refractivity (Wildman–Crippen MR) is 259 cm³/mol. The molecule has 12 aromatic rings. The van der Waals surface area contributed by atoms with E-state index in [9.17, 15) is 0 Å². The van der Waals surface area contributed by atoms with Gasteiger partial charge in [0, 0.05) is 32.6 Å². The maximum Gasteiger partial charge on any atom is 0.0540 e. The molecule has 0 amide bonds. The number of hydrogen-bond donors (Lipinski definition) is 1. The highest BCUT2D eigenvalue weighted by molar-refractivity contribution is 9.10. The van der Waals surface area contributed by atoms with Crippen LogP contribution < -0.4 is 10.2 Å². The van der Waals surface area contributed by atoms with E-state index in [1.165, 1.54) is 74.8 Å². The van der Waals surface area contributed by atoms with E-state index >= 15 is 0 Å². The van der Waals surface area contributed by atoms with E-state index in [0.29, 0.717) is 0 Å². The molecule has 0 atom stereocenters. The third-order valence-corrected chi connectivity index (χ3v) is 11.8. The van der Waals surface area contributed by atoms with Crippen LogP contribution in [0.5, 0.6) is 0 Å². The van der Waals surface area contributed by atoms with Crippen LogP contribution in [0.2, 0.25) is 0 Å². The van der Waals surface area contributed by atoms with E-state index in [2.05, 4.69) is 196 Å². The highest BCUT2D eigenvalue weighted by atomic mass is 79.9. The van der Waals surface area contributed by atoms with Crippen molar-refractivity contribution in [1.29, 1.82) is 0 Å². The summed E-state index contributed by atoms with van der Waals surface area (Å²) >= 11 is 3.64. The molecule has 0 radical (unpaired) electrons. The van der Waals surface area contributed by atoms with Crippen molar-refractivity contribution in [2.75, 3.05) is 10.2 Å². The SMILES string of the molecule is Brc1ccc2ccc3cccc4ccc1c2c34.c1ccc(N(c2ccccc2)c2ccc3ccc4cccc5ccc2c3c45)cc1.c1ccc(Nc2ccccc2)cc1. The molecule has 0 spiro atoms. The fourth-order valence-electron chi connectivity index (χ4n) is 8.41. The maximum absolute atomic E-state index is 3.64. The van der Waals surface area contributed by atoms with Crippen LogP contribution in [0.25, 0.3) is 64.6 Å². The van der Waals surface area contributed by atoms with Crippen molar-refractivity contribution in [3.8, 4) is 0 Å². The lowest BCUT2D eigenvalue weighted by molar-refractivity contribution is 1.30. The van der Waals surface area contributed by atoms with E-state index in [-0.39, 0.29) is 0 Å².